The van der Waals surface area contributed by atoms with E-state index in [9.17, 15) is 0 Å². The first-order valence-corrected chi connectivity index (χ1v) is 6.46. The van der Waals surface area contributed by atoms with E-state index < -0.39 is 0 Å². The normalized spacial score (nSPS) is 12.4. The third kappa shape index (κ3) is 3.28. The third-order valence-corrected chi connectivity index (χ3v) is 3.24. The topological polar surface area (TPSA) is 47.3 Å². The Morgan fingerprint density at radius 1 is 1.47 bits per heavy atom. The lowest BCUT2D eigenvalue weighted by Crippen LogP contribution is -2.19. The molecule has 1 aromatic carbocycles. The van der Waals surface area contributed by atoms with Gasteiger partial charge in [0.15, 0.2) is 0 Å². The smallest absolute Gasteiger partial charge is 0.211 e. The van der Waals surface area contributed by atoms with Crippen LogP contribution in [0.3, 0.4) is 0 Å². The van der Waals surface area contributed by atoms with Crippen LogP contribution in [-0.2, 0) is 6.54 Å². The quantitative estimate of drug-likeness (QED) is 0.911. The largest absolute Gasteiger partial charge is 0.496 e. The van der Waals surface area contributed by atoms with Crippen LogP contribution in [0, 0.1) is 6.92 Å². The number of benzene rings is 1. The Kier molecular flexibility index (Phi) is 4.45. The van der Waals surface area contributed by atoms with E-state index in [1.54, 1.807) is 13.3 Å². The van der Waals surface area contributed by atoms with Crippen molar-refractivity contribution in [2.75, 3.05) is 7.11 Å². The molecule has 1 aromatic heterocycles. The monoisotopic (exact) mass is 280 g/mol. The summed E-state index contributed by atoms with van der Waals surface area (Å²) in [5.74, 6) is 2.25. The lowest BCUT2D eigenvalue weighted by atomic mass is 10.2. The molecule has 0 saturated heterocycles. The van der Waals surface area contributed by atoms with Crippen molar-refractivity contribution in [2.24, 2.45) is 0 Å². The molecule has 0 aliphatic heterocycles. The highest BCUT2D eigenvalue weighted by molar-refractivity contribution is 6.31. The second-order valence-electron chi connectivity index (χ2n) is 4.33. The number of hydrogen-bond donors (Lipinski definition) is 1. The maximum Gasteiger partial charge on any atom is 0.211 e. The average molecular weight is 281 g/mol. The van der Waals surface area contributed by atoms with E-state index in [1.807, 2.05) is 32.0 Å². The van der Waals surface area contributed by atoms with E-state index >= 15 is 0 Å². The summed E-state index contributed by atoms with van der Waals surface area (Å²) >= 11 is 6.18. The molecule has 0 aliphatic rings. The fourth-order valence-electron chi connectivity index (χ4n) is 1.82. The molecule has 0 aliphatic carbocycles. The van der Waals surface area contributed by atoms with Crippen molar-refractivity contribution >= 4 is 11.6 Å². The lowest BCUT2D eigenvalue weighted by molar-refractivity contribution is 0.389. The van der Waals surface area contributed by atoms with Crippen LogP contribution in [0.4, 0.5) is 0 Å². The molecule has 2 aromatic rings. The number of aromatic nitrogens is 1. The van der Waals surface area contributed by atoms with Gasteiger partial charge in [-0.15, -0.1) is 0 Å². The molecule has 2 rings (SSSR count). The summed E-state index contributed by atoms with van der Waals surface area (Å²) in [5.41, 5.74) is 0.932. The SMILES string of the molecule is COc1cccc(Cl)c1CNC(C)c1ncc(C)o1. The van der Waals surface area contributed by atoms with Gasteiger partial charge in [0.25, 0.3) is 0 Å². The van der Waals surface area contributed by atoms with E-state index in [4.69, 9.17) is 20.8 Å². The molecule has 0 amide bonds. The molecule has 102 valence electrons. The molecular weight excluding hydrogens is 264 g/mol. The number of aryl methyl sites for hydroxylation is 1. The maximum absolute atomic E-state index is 6.18. The summed E-state index contributed by atoms with van der Waals surface area (Å²) in [6.45, 7) is 4.46. The fourth-order valence-corrected chi connectivity index (χ4v) is 2.05. The Morgan fingerprint density at radius 3 is 2.89 bits per heavy atom. The second kappa shape index (κ2) is 6.08. The minimum absolute atomic E-state index is 0.00896. The van der Waals surface area contributed by atoms with Gasteiger partial charge in [0.1, 0.15) is 11.5 Å². The number of oxazole rings is 1. The van der Waals surface area contributed by atoms with Crippen molar-refractivity contribution in [3.05, 3.63) is 46.6 Å². The molecule has 19 heavy (non-hydrogen) atoms. The molecule has 1 atom stereocenters. The van der Waals surface area contributed by atoms with Crippen LogP contribution < -0.4 is 10.1 Å². The Balaban J connectivity index is 2.06. The molecule has 4 nitrogen and oxygen atoms in total. The van der Waals surface area contributed by atoms with E-state index in [1.165, 1.54) is 0 Å². The maximum atomic E-state index is 6.18. The first-order chi connectivity index (χ1) is 9.11. The van der Waals surface area contributed by atoms with Crippen LogP contribution in [-0.4, -0.2) is 12.1 Å². The number of nitrogens with one attached hydrogen (secondary N) is 1. The zero-order chi connectivity index (χ0) is 13.8. The average Bonchev–Trinajstić information content (AvgIpc) is 2.83. The predicted molar refractivity (Wildman–Crippen MR) is 74.5 cm³/mol. The van der Waals surface area contributed by atoms with Crippen LogP contribution >= 0.6 is 11.6 Å². The molecule has 1 unspecified atom stereocenters. The van der Waals surface area contributed by atoms with Gasteiger partial charge in [0, 0.05) is 17.1 Å². The van der Waals surface area contributed by atoms with Gasteiger partial charge < -0.3 is 14.5 Å². The van der Waals surface area contributed by atoms with Gasteiger partial charge in [-0.1, -0.05) is 17.7 Å². The van der Waals surface area contributed by atoms with Crippen molar-refractivity contribution < 1.29 is 9.15 Å². The summed E-state index contributed by atoms with van der Waals surface area (Å²) in [7, 11) is 1.63. The predicted octanol–water partition coefficient (Wildman–Crippen LogP) is 3.50. The van der Waals surface area contributed by atoms with Crippen molar-refractivity contribution in [2.45, 2.75) is 26.4 Å². The molecule has 0 bridgehead atoms. The summed E-state index contributed by atoms with van der Waals surface area (Å²) in [6, 6.07) is 5.62. The van der Waals surface area contributed by atoms with Gasteiger partial charge in [-0.25, -0.2) is 4.98 Å². The van der Waals surface area contributed by atoms with Crippen LogP contribution in [0.25, 0.3) is 0 Å². The molecule has 0 radical (unpaired) electrons. The molecule has 1 N–H and O–H groups in total. The Labute approximate surface area is 117 Å². The van der Waals surface area contributed by atoms with Gasteiger partial charge in [0.2, 0.25) is 5.89 Å². The van der Waals surface area contributed by atoms with Crippen molar-refractivity contribution in [1.82, 2.24) is 10.3 Å². The minimum Gasteiger partial charge on any atom is -0.496 e. The zero-order valence-corrected chi connectivity index (χ0v) is 12.0. The van der Waals surface area contributed by atoms with Gasteiger partial charge in [-0.2, -0.15) is 0 Å². The fraction of sp³-hybridized carbons (Fsp3) is 0.357. The number of halogens is 1. The van der Waals surface area contributed by atoms with Gasteiger partial charge >= 0.3 is 0 Å². The number of rotatable bonds is 5. The molecule has 0 fully saturated rings. The second-order valence-corrected chi connectivity index (χ2v) is 4.74. The van der Waals surface area contributed by atoms with Crippen molar-refractivity contribution in [3.8, 4) is 5.75 Å². The first kappa shape index (κ1) is 13.9. The van der Waals surface area contributed by atoms with E-state index in [-0.39, 0.29) is 6.04 Å². The minimum atomic E-state index is 0.00896. The van der Waals surface area contributed by atoms with Crippen molar-refractivity contribution in [1.29, 1.82) is 0 Å². The summed E-state index contributed by atoms with van der Waals surface area (Å²) in [5, 5.41) is 4.01. The van der Waals surface area contributed by atoms with Crippen LogP contribution in [0.15, 0.2) is 28.8 Å². The molecule has 0 saturated carbocycles. The lowest BCUT2D eigenvalue weighted by Gasteiger charge is -2.14. The summed E-state index contributed by atoms with van der Waals surface area (Å²) in [6.07, 6.45) is 1.71. The zero-order valence-electron chi connectivity index (χ0n) is 11.2. The summed E-state index contributed by atoms with van der Waals surface area (Å²) < 4.78 is 10.8. The molecular formula is C14H17ClN2O2. The molecule has 1 heterocycles. The highest BCUT2D eigenvalue weighted by Crippen LogP contribution is 2.26. The third-order valence-electron chi connectivity index (χ3n) is 2.89. The summed E-state index contributed by atoms with van der Waals surface area (Å²) in [4.78, 5) is 4.20. The highest BCUT2D eigenvalue weighted by atomic mass is 35.5. The highest BCUT2D eigenvalue weighted by Gasteiger charge is 2.13. The van der Waals surface area contributed by atoms with E-state index in [2.05, 4.69) is 10.3 Å². The molecule has 5 heteroatoms. The standard InChI is InChI=1S/C14H17ClN2O2/c1-9-7-17-14(19-9)10(2)16-8-11-12(15)5-4-6-13(11)18-3/h4-7,10,16H,8H2,1-3H3. The molecule has 0 spiro atoms. The number of hydrogen-bond acceptors (Lipinski definition) is 4. The van der Waals surface area contributed by atoms with E-state index in [0.717, 1.165) is 17.1 Å². The van der Waals surface area contributed by atoms with Gasteiger partial charge in [-0.3, -0.25) is 0 Å². The van der Waals surface area contributed by atoms with Crippen molar-refractivity contribution in [3.63, 3.8) is 0 Å². The Hall–Kier alpha value is -1.52. The Bertz CT molecular complexity index is 554. The van der Waals surface area contributed by atoms with Gasteiger partial charge in [0.05, 0.1) is 19.3 Å². The van der Waals surface area contributed by atoms with Gasteiger partial charge in [-0.05, 0) is 26.0 Å². The number of ether oxygens (including phenoxy) is 1. The van der Waals surface area contributed by atoms with Crippen LogP contribution in [0.2, 0.25) is 5.02 Å². The number of methoxy groups -OCH3 is 1. The van der Waals surface area contributed by atoms with Crippen LogP contribution in [0.1, 0.15) is 30.2 Å². The van der Waals surface area contributed by atoms with Crippen LogP contribution in [0.5, 0.6) is 5.75 Å². The first-order valence-electron chi connectivity index (χ1n) is 6.09. The Morgan fingerprint density at radius 2 is 2.26 bits per heavy atom. The van der Waals surface area contributed by atoms with E-state index in [0.29, 0.717) is 17.5 Å². The number of nitrogens with zero attached hydrogens (tertiary/aromatic N) is 1.